The lowest BCUT2D eigenvalue weighted by Gasteiger charge is -2.20. The highest BCUT2D eigenvalue weighted by atomic mass is 16.5. The van der Waals surface area contributed by atoms with Gasteiger partial charge in [0.25, 0.3) is 0 Å². The summed E-state index contributed by atoms with van der Waals surface area (Å²) in [5.74, 6) is 2.43. The van der Waals surface area contributed by atoms with Crippen LogP contribution in [0.25, 0.3) is 11.3 Å². The molecule has 2 aromatic carbocycles. The van der Waals surface area contributed by atoms with Gasteiger partial charge >= 0.3 is 0 Å². The van der Waals surface area contributed by atoms with Crippen LogP contribution in [0.2, 0.25) is 0 Å². The molecule has 158 valence electrons. The van der Waals surface area contributed by atoms with Gasteiger partial charge < -0.3 is 14.2 Å². The third-order valence-electron chi connectivity index (χ3n) is 5.39. The minimum atomic E-state index is 0.626. The number of methoxy groups -OCH3 is 2. The summed E-state index contributed by atoms with van der Waals surface area (Å²) in [4.78, 5) is 2.46. The van der Waals surface area contributed by atoms with Crippen molar-refractivity contribution in [1.29, 1.82) is 0 Å². The Hall–Kier alpha value is -2.99. The molecule has 0 unspecified atom stereocenters. The summed E-state index contributed by atoms with van der Waals surface area (Å²) < 4.78 is 18.7. The fourth-order valence-electron chi connectivity index (χ4n) is 3.93. The summed E-state index contributed by atoms with van der Waals surface area (Å²) in [6.07, 6.45) is 1.07. The summed E-state index contributed by atoms with van der Waals surface area (Å²) in [5, 5.41) is 4.86. The van der Waals surface area contributed by atoms with E-state index >= 15 is 0 Å². The molecule has 0 atom stereocenters. The number of hydrogen-bond donors (Lipinski definition) is 0. The average molecular weight is 408 g/mol. The first-order valence-electron chi connectivity index (χ1n) is 10.4. The monoisotopic (exact) mass is 407 g/mol. The lowest BCUT2D eigenvalue weighted by molar-refractivity contribution is 0.260. The molecule has 6 nitrogen and oxygen atoms in total. The lowest BCUT2D eigenvalue weighted by Crippen LogP contribution is -2.22. The number of benzene rings is 2. The van der Waals surface area contributed by atoms with Gasteiger partial charge in [0.1, 0.15) is 5.75 Å². The summed E-state index contributed by atoms with van der Waals surface area (Å²) in [7, 11) is 3.38. The van der Waals surface area contributed by atoms with Crippen molar-refractivity contribution in [2.75, 3.05) is 27.4 Å². The minimum Gasteiger partial charge on any atom is -0.497 e. The molecule has 0 saturated heterocycles. The van der Waals surface area contributed by atoms with E-state index in [2.05, 4.69) is 33.8 Å². The zero-order valence-corrected chi connectivity index (χ0v) is 17.9. The topological polar surface area (TPSA) is 48.8 Å². The molecular formula is C24H29N3O3. The molecule has 0 fully saturated rings. The van der Waals surface area contributed by atoms with Crippen molar-refractivity contribution in [3.05, 3.63) is 59.8 Å². The summed E-state index contributed by atoms with van der Waals surface area (Å²) >= 11 is 0. The molecule has 0 bridgehead atoms. The Morgan fingerprint density at radius 1 is 0.967 bits per heavy atom. The molecule has 0 radical (unpaired) electrons. The van der Waals surface area contributed by atoms with E-state index in [-0.39, 0.29) is 0 Å². The van der Waals surface area contributed by atoms with Crippen LogP contribution in [0.4, 0.5) is 0 Å². The molecule has 0 N–H and O–H groups in total. The van der Waals surface area contributed by atoms with Crippen LogP contribution in [-0.2, 0) is 19.6 Å². The van der Waals surface area contributed by atoms with Gasteiger partial charge in [-0.3, -0.25) is 9.58 Å². The van der Waals surface area contributed by atoms with E-state index in [9.17, 15) is 0 Å². The largest absolute Gasteiger partial charge is 0.497 e. The number of aryl methyl sites for hydroxylation is 1. The van der Waals surface area contributed by atoms with Crippen LogP contribution in [0.15, 0.2) is 48.5 Å². The number of nitrogens with zero attached hydrogens (tertiary/aromatic N) is 3. The minimum absolute atomic E-state index is 0.626. The molecule has 1 aliphatic heterocycles. The van der Waals surface area contributed by atoms with Crippen molar-refractivity contribution in [2.45, 2.75) is 33.0 Å². The maximum Gasteiger partial charge on any atom is 0.161 e. The highest BCUT2D eigenvalue weighted by Crippen LogP contribution is 2.30. The second-order valence-electron chi connectivity index (χ2n) is 7.46. The van der Waals surface area contributed by atoms with Gasteiger partial charge in [-0.15, -0.1) is 0 Å². The van der Waals surface area contributed by atoms with Crippen LogP contribution in [0.3, 0.4) is 0 Å². The van der Waals surface area contributed by atoms with Crippen molar-refractivity contribution in [3.63, 3.8) is 0 Å². The second kappa shape index (κ2) is 9.22. The maximum absolute atomic E-state index is 5.64. The molecular weight excluding hydrogens is 378 g/mol. The van der Waals surface area contributed by atoms with E-state index in [1.54, 1.807) is 14.2 Å². The number of aromatic nitrogens is 2. The number of ether oxygens (including phenoxy) is 3. The van der Waals surface area contributed by atoms with Crippen LogP contribution in [-0.4, -0.2) is 42.1 Å². The van der Waals surface area contributed by atoms with E-state index in [1.807, 2.05) is 31.2 Å². The molecule has 3 aromatic rings. The van der Waals surface area contributed by atoms with E-state index < -0.39 is 0 Å². The van der Waals surface area contributed by atoms with Crippen molar-refractivity contribution in [3.8, 4) is 28.5 Å². The number of fused-ring (bicyclic) bond motifs is 1. The first-order valence-corrected chi connectivity index (χ1v) is 10.4. The molecule has 6 heteroatoms. The van der Waals surface area contributed by atoms with Gasteiger partial charge in [0.05, 0.1) is 32.2 Å². The Morgan fingerprint density at radius 2 is 1.87 bits per heavy atom. The predicted octanol–water partition coefficient (Wildman–Crippen LogP) is 4.37. The van der Waals surface area contributed by atoms with Crippen molar-refractivity contribution in [2.24, 2.45) is 0 Å². The Bertz CT molecular complexity index is 999. The molecule has 4 rings (SSSR count). The van der Waals surface area contributed by atoms with E-state index in [0.29, 0.717) is 6.61 Å². The van der Waals surface area contributed by atoms with Gasteiger partial charge in [0.2, 0.25) is 0 Å². The second-order valence-corrected chi connectivity index (χ2v) is 7.46. The average Bonchev–Trinajstić information content (AvgIpc) is 3.08. The molecule has 1 aliphatic rings. The third kappa shape index (κ3) is 4.44. The summed E-state index contributed by atoms with van der Waals surface area (Å²) in [5.41, 5.74) is 4.53. The third-order valence-corrected chi connectivity index (χ3v) is 5.39. The van der Waals surface area contributed by atoms with Crippen LogP contribution in [0.1, 0.15) is 24.6 Å². The van der Waals surface area contributed by atoms with E-state index in [0.717, 1.165) is 61.1 Å². The van der Waals surface area contributed by atoms with Crippen LogP contribution >= 0.6 is 0 Å². The van der Waals surface area contributed by atoms with E-state index in [4.69, 9.17) is 19.3 Å². The fraction of sp³-hybridized carbons (Fsp3) is 0.375. The Kier molecular flexibility index (Phi) is 6.23. The molecule has 0 spiro atoms. The molecule has 2 heterocycles. The number of hydrogen-bond acceptors (Lipinski definition) is 5. The van der Waals surface area contributed by atoms with Gasteiger partial charge in [-0.25, -0.2) is 0 Å². The molecule has 0 aliphatic carbocycles. The quantitative estimate of drug-likeness (QED) is 0.582. The van der Waals surface area contributed by atoms with Crippen LogP contribution in [0.5, 0.6) is 17.2 Å². The first kappa shape index (κ1) is 20.3. The zero-order chi connectivity index (χ0) is 20.9. The molecule has 30 heavy (non-hydrogen) atoms. The van der Waals surface area contributed by atoms with Gasteiger partial charge in [0, 0.05) is 31.7 Å². The maximum atomic E-state index is 5.64. The lowest BCUT2D eigenvalue weighted by atomic mass is 10.1. The molecule has 0 saturated carbocycles. The highest BCUT2D eigenvalue weighted by Gasteiger charge is 2.18. The highest BCUT2D eigenvalue weighted by molar-refractivity contribution is 5.61. The van der Waals surface area contributed by atoms with Gasteiger partial charge in [-0.1, -0.05) is 18.2 Å². The predicted molar refractivity (Wildman–Crippen MR) is 117 cm³/mol. The van der Waals surface area contributed by atoms with Gasteiger partial charge in [0.15, 0.2) is 11.5 Å². The number of rotatable bonds is 7. The summed E-state index contributed by atoms with van der Waals surface area (Å²) in [6.45, 7) is 6.31. The molecule has 1 aromatic heterocycles. The van der Waals surface area contributed by atoms with Gasteiger partial charge in [-0.05, 0) is 49.2 Å². The summed E-state index contributed by atoms with van der Waals surface area (Å²) in [6, 6.07) is 16.5. The smallest absolute Gasteiger partial charge is 0.161 e. The normalized spacial score (nSPS) is 14.1. The standard InChI is InChI=1S/C24H29N3O3/c1-4-30-23-10-9-18(13-24(23)29-3)16-26-11-6-12-27-20(17-26)15-22(25-27)19-7-5-8-21(14-19)28-2/h5,7-10,13-15H,4,6,11-12,16-17H2,1-3H3. The fourth-order valence-corrected chi connectivity index (χ4v) is 3.93. The van der Waals surface area contributed by atoms with Crippen molar-refractivity contribution >= 4 is 0 Å². The first-order chi connectivity index (χ1) is 14.7. The van der Waals surface area contributed by atoms with Crippen molar-refractivity contribution in [1.82, 2.24) is 14.7 Å². The van der Waals surface area contributed by atoms with Crippen LogP contribution < -0.4 is 14.2 Å². The Balaban J connectivity index is 1.51. The SMILES string of the molecule is CCOc1ccc(CN2CCCn3nc(-c4cccc(OC)c4)cc3C2)cc1OC. The van der Waals surface area contributed by atoms with Crippen molar-refractivity contribution < 1.29 is 14.2 Å². The Morgan fingerprint density at radius 3 is 2.67 bits per heavy atom. The van der Waals surface area contributed by atoms with E-state index in [1.165, 1.54) is 11.3 Å². The van der Waals surface area contributed by atoms with Gasteiger partial charge in [-0.2, -0.15) is 5.10 Å². The van der Waals surface area contributed by atoms with Crippen LogP contribution in [0, 0.1) is 0 Å². The Labute approximate surface area is 178 Å². The molecule has 0 amide bonds. The zero-order valence-electron chi connectivity index (χ0n) is 17.9.